The second-order valence-electron chi connectivity index (χ2n) is 8.83. The third kappa shape index (κ3) is 33.4. The van der Waals surface area contributed by atoms with Gasteiger partial charge in [-0.1, -0.05) is 90.9 Å². The van der Waals surface area contributed by atoms with Crippen molar-refractivity contribution in [3.63, 3.8) is 0 Å². The van der Waals surface area contributed by atoms with Crippen LogP contribution in [0.5, 0.6) is 0 Å². The standard InChI is InChI=1S/C22H48N.H3NO3S/c1-5-7-9-11-13-15-17-19-21-23(3,4)22-20-18-16-14-12-10-8-6-2;1-5(2,3)4/h5-22H2,1-4H3;(H3,1,2,3,4)/q+1;/p-1. The second-order valence-corrected chi connectivity index (χ2v) is 9.81. The zero-order valence-electron chi connectivity index (χ0n) is 19.4. The summed E-state index contributed by atoms with van der Waals surface area (Å²) in [6.07, 6.45) is 23.0. The summed E-state index contributed by atoms with van der Waals surface area (Å²) in [6.45, 7) is 7.36. The van der Waals surface area contributed by atoms with Crippen LogP contribution in [-0.4, -0.2) is 44.6 Å². The number of hydrogen-bond acceptors (Lipinski definition) is 3. The highest BCUT2D eigenvalue weighted by molar-refractivity contribution is 7.83. The molecule has 0 aromatic carbocycles. The summed E-state index contributed by atoms with van der Waals surface area (Å²) in [4.78, 5) is 0. The number of rotatable bonds is 18. The molecule has 0 bridgehead atoms. The molecule has 0 saturated heterocycles. The van der Waals surface area contributed by atoms with Crippen molar-refractivity contribution in [1.82, 2.24) is 0 Å². The van der Waals surface area contributed by atoms with Crippen LogP contribution in [0.2, 0.25) is 0 Å². The first-order chi connectivity index (χ1) is 13.1. The molecular weight excluding hydrogens is 372 g/mol. The molecule has 0 heterocycles. The van der Waals surface area contributed by atoms with E-state index in [9.17, 15) is 0 Å². The zero-order valence-corrected chi connectivity index (χ0v) is 20.2. The summed E-state index contributed by atoms with van der Waals surface area (Å²) < 4.78 is 27.8. The summed E-state index contributed by atoms with van der Waals surface area (Å²) in [5.74, 6) is 0. The normalized spacial score (nSPS) is 11.9. The van der Waals surface area contributed by atoms with Crippen molar-refractivity contribution in [1.29, 1.82) is 0 Å². The Hall–Kier alpha value is -0.170. The Kier molecular flexibility index (Phi) is 21.6. The molecule has 0 amide bonds. The molecule has 0 rings (SSSR count). The zero-order chi connectivity index (χ0) is 21.7. The summed E-state index contributed by atoms with van der Waals surface area (Å²) in [7, 11) is 0.449. The van der Waals surface area contributed by atoms with Crippen molar-refractivity contribution in [2.45, 2.75) is 117 Å². The smallest absolute Gasteiger partial charge is 0.156 e. The number of unbranched alkanes of at least 4 members (excludes halogenated alkanes) is 14. The van der Waals surface area contributed by atoms with Crippen LogP contribution in [0.4, 0.5) is 0 Å². The Labute approximate surface area is 176 Å². The van der Waals surface area contributed by atoms with Gasteiger partial charge in [0.25, 0.3) is 0 Å². The summed E-state index contributed by atoms with van der Waals surface area (Å²) in [5.41, 5.74) is 0. The van der Waals surface area contributed by atoms with Crippen molar-refractivity contribution in [3.8, 4) is 0 Å². The molecule has 2 N–H and O–H groups in total. The average molecular weight is 423 g/mol. The fourth-order valence-corrected chi connectivity index (χ4v) is 3.46. The van der Waals surface area contributed by atoms with Crippen LogP contribution in [0.1, 0.15) is 117 Å². The Morgan fingerprint density at radius 1 is 0.607 bits per heavy atom. The lowest BCUT2D eigenvalue weighted by molar-refractivity contribution is -0.890. The fraction of sp³-hybridized carbons (Fsp3) is 1.00. The topological polar surface area (TPSA) is 83.2 Å². The predicted molar refractivity (Wildman–Crippen MR) is 121 cm³/mol. The van der Waals surface area contributed by atoms with Crippen LogP contribution in [-0.2, 0) is 10.3 Å². The van der Waals surface area contributed by atoms with E-state index in [2.05, 4.69) is 33.1 Å². The van der Waals surface area contributed by atoms with Crippen LogP contribution >= 0.6 is 0 Å². The Morgan fingerprint density at radius 2 is 0.821 bits per heavy atom. The molecule has 0 aliphatic carbocycles. The van der Waals surface area contributed by atoms with Crippen LogP contribution < -0.4 is 5.14 Å². The molecule has 172 valence electrons. The number of hydrogen-bond donors (Lipinski definition) is 1. The summed E-state index contributed by atoms with van der Waals surface area (Å²) in [6, 6.07) is 0. The maximum absolute atomic E-state index is 8.85. The van der Waals surface area contributed by atoms with Gasteiger partial charge in [0.05, 0.1) is 27.2 Å². The minimum absolute atomic E-state index is 1.24. The van der Waals surface area contributed by atoms with E-state index in [0.29, 0.717) is 0 Å². The second kappa shape index (κ2) is 20.1. The maximum Gasteiger partial charge on any atom is 0.156 e. The SMILES string of the molecule is CCCCCCCCCC[N+](C)(C)CCCCCCCCCC.NS(=O)(=O)[O-]. The molecule has 0 spiro atoms. The predicted octanol–water partition coefficient (Wildman–Crippen LogP) is 5.75. The average Bonchev–Trinajstić information content (AvgIpc) is 2.58. The first-order valence-electron chi connectivity index (χ1n) is 11.7. The summed E-state index contributed by atoms with van der Waals surface area (Å²) in [5, 5.41) is 3.77. The quantitative estimate of drug-likeness (QED) is 0.173. The van der Waals surface area contributed by atoms with Crippen molar-refractivity contribution in [2.75, 3.05) is 27.2 Å². The third-order valence-corrected chi connectivity index (χ3v) is 5.23. The Bertz CT molecular complexity index is 382. The van der Waals surface area contributed by atoms with Gasteiger partial charge in [-0.25, -0.2) is 13.6 Å². The van der Waals surface area contributed by atoms with Gasteiger partial charge in [0.15, 0.2) is 10.3 Å². The first kappa shape index (κ1) is 30.0. The van der Waals surface area contributed by atoms with Crippen LogP contribution in [0.25, 0.3) is 0 Å². The van der Waals surface area contributed by atoms with Crippen molar-refractivity contribution in [2.24, 2.45) is 5.14 Å². The van der Waals surface area contributed by atoms with Crippen molar-refractivity contribution < 1.29 is 17.5 Å². The number of nitrogens with zero attached hydrogens (tertiary/aromatic N) is 1. The largest absolute Gasteiger partial charge is 0.736 e. The molecule has 0 unspecified atom stereocenters. The van der Waals surface area contributed by atoms with Gasteiger partial charge in [-0.2, -0.15) is 0 Å². The molecule has 0 atom stereocenters. The molecule has 0 fully saturated rings. The highest BCUT2D eigenvalue weighted by atomic mass is 32.2. The molecule has 0 radical (unpaired) electrons. The lowest BCUT2D eigenvalue weighted by atomic mass is 10.1. The van der Waals surface area contributed by atoms with Gasteiger partial charge < -0.3 is 9.04 Å². The molecular formula is C22H50N2O3S. The van der Waals surface area contributed by atoms with Gasteiger partial charge >= 0.3 is 0 Å². The maximum atomic E-state index is 8.85. The van der Waals surface area contributed by atoms with Gasteiger partial charge in [-0.3, -0.25) is 0 Å². The monoisotopic (exact) mass is 422 g/mol. The number of nitrogens with two attached hydrogens (primary N) is 1. The highest BCUT2D eigenvalue weighted by Gasteiger charge is 2.13. The lowest BCUT2D eigenvalue weighted by Crippen LogP contribution is -2.41. The van der Waals surface area contributed by atoms with Crippen LogP contribution in [0.3, 0.4) is 0 Å². The van der Waals surface area contributed by atoms with E-state index >= 15 is 0 Å². The van der Waals surface area contributed by atoms with E-state index in [-0.39, 0.29) is 0 Å². The lowest BCUT2D eigenvalue weighted by Gasteiger charge is -2.30. The third-order valence-electron chi connectivity index (χ3n) is 5.23. The van der Waals surface area contributed by atoms with Gasteiger partial charge in [0.2, 0.25) is 0 Å². The van der Waals surface area contributed by atoms with Gasteiger partial charge in [0, 0.05) is 0 Å². The van der Waals surface area contributed by atoms with Gasteiger partial charge in [0.1, 0.15) is 0 Å². The Morgan fingerprint density at radius 3 is 1.07 bits per heavy atom. The van der Waals surface area contributed by atoms with Crippen LogP contribution in [0.15, 0.2) is 0 Å². The molecule has 6 heteroatoms. The Balaban J connectivity index is 0. The van der Waals surface area contributed by atoms with Gasteiger partial charge in [-0.05, 0) is 25.7 Å². The molecule has 0 aliphatic heterocycles. The number of quaternary nitrogens is 1. The molecule has 28 heavy (non-hydrogen) atoms. The molecule has 0 aromatic rings. The minimum Gasteiger partial charge on any atom is -0.736 e. The summed E-state index contributed by atoms with van der Waals surface area (Å²) >= 11 is 0. The van der Waals surface area contributed by atoms with Crippen molar-refractivity contribution >= 4 is 10.3 Å². The van der Waals surface area contributed by atoms with E-state index < -0.39 is 10.3 Å². The van der Waals surface area contributed by atoms with E-state index in [4.69, 9.17) is 13.0 Å². The highest BCUT2D eigenvalue weighted by Crippen LogP contribution is 2.13. The molecule has 0 saturated carbocycles. The van der Waals surface area contributed by atoms with Crippen LogP contribution in [0, 0.1) is 0 Å². The van der Waals surface area contributed by atoms with E-state index in [1.54, 1.807) is 0 Å². The van der Waals surface area contributed by atoms with Crippen molar-refractivity contribution in [3.05, 3.63) is 0 Å². The molecule has 0 aliphatic rings. The minimum atomic E-state index is -4.42. The molecule has 5 nitrogen and oxygen atoms in total. The molecule has 0 aromatic heterocycles. The fourth-order valence-electron chi connectivity index (χ4n) is 3.46. The van der Waals surface area contributed by atoms with E-state index in [1.165, 1.54) is 120 Å². The van der Waals surface area contributed by atoms with E-state index in [1.807, 2.05) is 0 Å². The van der Waals surface area contributed by atoms with Gasteiger partial charge in [-0.15, -0.1) is 0 Å². The van der Waals surface area contributed by atoms with E-state index in [0.717, 1.165) is 0 Å². The first-order valence-corrected chi connectivity index (χ1v) is 13.1.